The van der Waals surface area contributed by atoms with E-state index in [1.807, 2.05) is 30.3 Å². The fraction of sp³-hybridized carbons (Fsp3) is 0.531. The first-order valence-corrected chi connectivity index (χ1v) is 14.6. The number of benzene rings is 2. The standard InChI is InChI=1S/C32H37N3O4/c1-31(17-34-30(37)21-15-33-23-6-4-3-5-20(21)23)14-22-24-13-19-9-10-25(36)27-26(19)32(22,29(39-27)28(31)38-2)11-12-35(24)16-18-7-8-18/h3-6,9-10,15,18,22,24,28-29,33,36H,7-8,11-14,16-17H2,1-2H3,(H,34,37)/t22?,24-,28?,29+,31+,32+/m1/s1. The number of phenols is 1. The van der Waals surface area contributed by atoms with E-state index in [0.29, 0.717) is 29.8 Å². The summed E-state index contributed by atoms with van der Waals surface area (Å²) in [5.74, 6) is 2.05. The van der Waals surface area contributed by atoms with Crippen LogP contribution < -0.4 is 10.1 Å². The van der Waals surface area contributed by atoms with E-state index in [0.717, 1.165) is 42.6 Å². The molecule has 3 N–H and O–H groups in total. The molecular formula is C32H37N3O4. The normalized spacial score (nSPS) is 34.5. The number of hydrogen-bond acceptors (Lipinski definition) is 5. The summed E-state index contributed by atoms with van der Waals surface area (Å²) in [6.45, 7) is 5.01. The van der Waals surface area contributed by atoms with Crippen LogP contribution in [0.2, 0.25) is 0 Å². The molecule has 2 aromatic carbocycles. The zero-order valence-corrected chi connectivity index (χ0v) is 22.7. The molecule has 2 unspecified atom stereocenters. The van der Waals surface area contributed by atoms with E-state index < -0.39 is 0 Å². The Kier molecular flexibility index (Phi) is 5.03. The molecule has 0 radical (unpaired) electrons. The average molecular weight is 528 g/mol. The number of amides is 1. The number of piperidine rings is 1. The average Bonchev–Trinajstić information content (AvgIpc) is 3.54. The molecule has 2 bridgehead atoms. The van der Waals surface area contributed by atoms with E-state index in [-0.39, 0.29) is 34.7 Å². The Balaban J connectivity index is 1.16. The smallest absolute Gasteiger partial charge is 0.253 e. The van der Waals surface area contributed by atoms with Gasteiger partial charge in [0.1, 0.15) is 12.2 Å². The Bertz CT molecular complexity index is 1480. The van der Waals surface area contributed by atoms with Gasteiger partial charge in [-0.05, 0) is 68.2 Å². The summed E-state index contributed by atoms with van der Waals surface area (Å²) in [6.07, 6.45) is 7.05. The highest BCUT2D eigenvalue weighted by atomic mass is 16.5. The number of nitrogens with zero attached hydrogens (tertiary/aromatic N) is 1. The van der Waals surface area contributed by atoms with Crippen molar-refractivity contribution in [2.45, 2.75) is 62.7 Å². The SMILES string of the molecule is COC1[C@@H]2Oc3c(O)ccc4c3[C@@]23CCN(CC2CC2)[C@H](C4)C3C[C@@]1(C)CNC(=O)c1c[nH]c2ccccc12. The lowest BCUT2D eigenvalue weighted by Gasteiger charge is -2.63. The van der Waals surface area contributed by atoms with Gasteiger partial charge in [-0.15, -0.1) is 0 Å². The van der Waals surface area contributed by atoms with Crippen molar-refractivity contribution >= 4 is 16.8 Å². The predicted molar refractivity (Wildman–Crippen MR) is 148 cm³/mol. The van der Waals surface area contributed by atoms with Gasteiger partial charge in [0.2, 0.25) is 0 Å². The Morgan fingerprint density at radius 2 is 2.10 bits per heavy atom. The number of likely N-dealkylation sites (tertiary alicyclic amines) is 1. The van der Waals surface area contributed by atoms with Gasteiger partial charge < -0.3 is 24.9 Å². The lowest BCUT2D eigenvalue weighted by Crippen LogP contribution is -2.71. The predicted octanol–water partition coefficient (Wildman–Crippen LogP) is 4.38. The fourth-order valence-corrected chi connectivity index (χ4v) is 8.93. The highest BCUT2D eigenvalue weighted by Crippen LogP contribution is 2.66. The number of rotatable bonds is 6. The highest BCUT2D eigenvalue weighted by Gasteiger charge is 2.70. The quantitative estimate of drug-likeness (QED) is 0.443. The minimum Gasteiger partial charge on any atom is -0.504 e. The Labute approximate surface area is 228 Å². The lowest BCUT2D eigenvalue weighted by molar-refractivity contribution is -0.171. The van der Waals surface area contributed by atoms with Crippen LogP contribution in [0.5, 0.6) is 11.5 Å². The van der Waals surface area contributed by atoms with Gasteiger partial charge in [-0.2, -0.15) is 0 Å². The number of para-hydroxylation sites is 1. The number of aromatic amines is 1. The van der Waals surface area contributed by atoms with E-state index in [9.17, 15) is 9.90 Å². The molecule has 5 aliphatic rings. The maximum atomic E-state index is 13.4. The summed E-state index contributed by atoms with van der Waals surface area (Å²) in [4.78, 5) is 19.4. The molecule has 6 atom stereocenters. The molecular weight excluding hydrogens is 490 g/mol. The van der Waals surface area contributed by atoms with Crippen LogP contribution in [0.15, 0.2) is 42.6 Å². The zero-order chi connectivity index (χ0) is 26.5. The number of methoxy groups -OCH3 is 1. The first kappa shape index (κ1) is 23.8. The number of phenolic OH excluding ortho intramolecular Hbond substituents is 1. The van der Waals surface area contributed by atoms with Crippen LogP contribution >= 0.6 is 0 Å². The maximum Gasteiger partial charge on any atom is 0.253 e. The van der Waals surface area contributed by atoms with Crippen molar-refractivity contribution in [1.29, 1.82) is 0 Å². The van der Waals surface area contributed by atoms with E-state index in [1.54, 1.807) is 13.3 Å². The number of hydrogen-bond donors (Lipinski definition) is 3. The number of ether oxygens (including phenoxy) is 2. The van der Waals surface area contributed by atoms with E-state index in [2.05, 4.69) is 28.2 Å². The molecule has 3 aromatic rings. The van der Waals surface area contributed by atoms with E-state index in [4.69, 9.17) is 9.47 Å². The third-order valence-electron chi connectivity index (χ3n) is 10.9. The molecule has 2 aliphatic heterocycles. The molecule has 204 valence electrons. The maximum absolute atomic E-state index is 13.4. The van der Waals surface area contributed by atoms with Gasteiger partial charge in [-0.1, -0.05) is 31.2 Å². The molecule has 39 heavy (non-hydrogen) atoms. The van der Waals surface area contributed by atoms with Crippen molar-refractivity contribution < 1.29 is 19.4 Å². The van der Waals surface area contributed by atoms with Gasteiger partial charge in [-0.25, -0.2) is 0 Å². The second kappa shape index (κ2) is 8.24. The summed E-state index contributed by atoms with van der Waals surface area (Å²) < 4.78 is 13.1. The number of nitrogens with one attached hydrogen (secondary N) is 2. The molecule has 1 amide bonds. The van der Waals surface area contributed by atoms with Crippen LogP contribution in [0.4, 0.5) is 0 Å². The monoisotopic (exact) mass is 527 g/mol. The molecule has 1 saturated heterocycles. The Hall–Kier alpha value is -3.03. The number of aromatic nitrogens is 1. The summed E-state index contributed by atoms with van der Waals surface area (Å²) in [5.41, 5.74) is 3.71. The number of fused-ring (bicyclic) bond motifs is 1. The van der Waals surface area contributed by atoms with Crippen LogP contribution in [-0.2, 0) is 16.6 Å². The second-order valence-corrected chi connectivity index (χ2v) is 13.0. The third-order valence-corrected chi connectivity index (χ3v) is 10.9. The third kappa shape index (κ3) is 3.26. The molecule has 1 aromatic heterocycles. The number of H-pyrrole nitrogens is 1. The molecule has 3 heterocycles. The summed E-state index contributed by atoms with van der Waals surface area (Å²) >= 11 is 0. The van der Waals surface area contributed by atoms with Crippen LogP contribution in [0.1, 0.15) is 54.1 Å². The topological polar surface area (TPSA) is 86.8 Å². The Morgan fingerprint density at radius 3 is 2.92 bits per heavy atom. The molecule has 1 spiro atoms. The minimum atomic E-state index is -0.328. The fourth-order valence-electron chi connectivity index (χ4n) is 8.93. The van der Waals surface area contributed by atoms with Crippen molar-refractivity contribution in [2.24, 2.45) is 17.3 Å². The van der Waals surface area contributed by atoms with Crippen LogP contribution in [0.25, 0.3) is 10.9 Å². The van der Waals surface area contributed by atoms with Crippen LogP contribution in [0, 0.1) is 17.3 Å². The highest BCUT2D eigenvalue weighted by molar-refractivity contribution is 6.06. The van der Waals surface area contributed by atoms with Crippen molar-refractivity contribution in [1.82, 2.24) is 15.2 Å². The molecule has 7 nitrogen and oxygen atoms in total. The first-order chi connectivity index (χ1) is 18.9. The summed E-state index contributed by atoms with van der Waals surface area (Å²) in [6, 6.07) is 12.3. The van der Waals surface area contributed by atoms with Gasteiger partial charge in [-0.3, -0.25) is 9.69 Å². The summed E-state index contributed by atoms with van der Waals surface area (Å²) in [7, 11) is 1.77. The molecule has 8 rings (SSSR count). The minimum absolute atomic E-state index is 0.0708. The largest absolute Gasteiger partial charge is 0.504 e. The van der Waals surface area contributed by atoms with Crippen molar-refractivity contribution in [3.63, 3.8) is 0 Å². The van der Waals surface area contributed by atoms with Gasteiger partial charge in [0.05, 0.1) is 5.56 Å². The van der Waals surface area contributed by atoms with Crippen molar-refractivity contribution in [3.8, 4) is 11.5 Å². The van der Waals surface area contributed by atoms with Gasteiger partial charge >= 0.3 is 0 Å². The number of carbonyl (C=O) groups excluding carboxylic acids is 1. The van der Waals surface area contributed by atoms with Crippen LogP contribution in [-0.4, -0.2) is 65.9 Å². The van der Waals surface area contributed by atoms with Gasteiger partial charge in [0.15, 0.2) is 11.5 Å². The van der Waals surface area contributed by atoms with E-state index >= 15 is 0 Å². The molecule has 2 saturated carbocycles. The Morgan fingerprint density at radius 1 is 1.26 bits per heavy atom. The van der Waals surface area contributed by atoms with Gasteiger partial charge in [0, 0.05) is 59.7 Å². The lowest BCUT2D eigenvalue weighted by atomic mass is 9.47. The number of carbonyl (C=O) groups is 1. The van der Waals surface area contributed by atoms with Gasteiger partial charge in [0.25, 0.3) is 5.91 Å². The van der Waals surface area contributed by atoms with Crippen molar-refractivity contribution in [2.75, 3.05) is 26.7 Å². The molecule has 3 aliphatic carbocycles. The zero-order valence-electron chi connectivity index (χ0n) is 22.7. The van der Waals surface area contributed by atoms with Crippen LogP contribution in [0.3, 0.4) is 0 Å². The summed E-state index contributed by atoms with van der Waals surface area (Å²) in [5, 5.41) is 15.1. The van der Waals surface area contributed by atoms with Crippen molar-refractivity contribution in [3.05, 3.63) is 59.3 Å². The number of aromatic hydroxyl groups is 1. The second-order valence-electron chi connectivity index (χ2n) is 13.0. The first-order valence-electron chi connectivity index (χ1n) is 14.6. The molecule has 7 heteroatoms. The van der Waals surface area contributed by atoms with E-state index in [1.165, 1.54) is 30.5 Å². The molecule has 3 fully saturated rings.